The number of carbonyl (C=O) groups is 1. The highest BCUT2D eigenvalue weighted by Crippen LogP contribution is 2.37. The van der Waals surface area contributed by atoms with Gasteiger partial charge < -0.3 is 10.1 Å². The van der Waals surface area contributed by atoms with Crippen LogP contribution < -0.4 is 15.7 Å². The molecule has 0 bridgehead atoms. The fourth-order valence-corrected chi connectivity index (χ4v) is 3.79. The summed E-state index contributed by atoms with van der Waals surface area (Å²) < 4.78 is 64.5. The van der Waals surface area contributed by atoms with E-state index in [1.165, 1.54) is 20.8 Å². The Morgan fingerprint density at radius 3 is 2.27 bits per heavy atom. The molecule has 0 aliphatic rings. The second-order valence-corrected chi connectivity index (χ2v) is 8.76. The van der Waals surface area contributed by atoms with Gasteiger partial charge in [0.05, 0.1) is 28.8 Å². The number of sulfonamides is 1. The number of rotatable bonds is 5. The number of aliphatic hydroxyl groups excluding tert-OH is 1. The maximum Gasteiger partial charge on any atom is 0.416 e. The standard InChI is InChI=1S/C17H20F3N3O6S/c1-5-13(24)9-6-10-12(7-11(9)17(18,19)20)21-16(27)22(15(10)26)23(30(4,28)29)14(25)8(2)3/h6-8,13,24H,5H2,1-4H3,(H,21,27). The van der Waals surface area contributed by atoms with Crippen molar-refractivity contribution in [2.45, 2.75) is 39.5 Å². The number of alkyl halides is 3. The van der Waals surface area contributed by atoms with E-state index in [1.807, 2.05) is 4.98 Å². The van der Waals surface area contributed by atoms with Crippen LogP contribution in [0, 0.1) is 5.92 Å². The van der Waals surface area contributed by atoms with Gasteiger partial charge in [-0.3, -0.25) is 9.59 Å². The minimum absolute atomic E-state index is 0.0220. The molecule has 0 fully saturated rings. The fraction of sp³-hybridized carbons (Fsp3) is 0.471. The van der Waals surface area contributed by atoms with Gasteiger partial charge in [0.2, 0.25) is 0 Å². The summed E-state index contributed by atoms with van der Waals surface area (Å²) in [4.78, 5) is 39.7. The highest BCUT2D eigenvalue weighted by Gasteiger charge is 2.36. The first-order valence-corrected chi connectivity index (χ1v) is 10.6. The number of aliphatic hydroxyl groups is 1. The molecule has 166 valence electrons. The van der Waals surface area contributed by atoms with Crippen LogP contribution in [0.3, 0.4) is 0 Å². The summed E-state index contributed by atoms with van der Waals surface area (Å²) in [6.07, 6.45) is -5.97. The van der Waals surface area contributed by atoms with Gasteiger partial charge in [0, 0.05) is 5.92 Å². The first-order chi connectivity index (χ1) is 13.6. The van der Waals surface area contributed by atoms with Crippen LogP contribution >= 0.6 is 0 Å². The summed E-state index contributed by atoms with van der Waals surface area (Å²) in [5.74, 6) is -2.02. The van der Waals surface area contributed by atoms with Gasteiger partial charge in [-0.2, -0.15) is 13.2 Å². The summed E-state index contributed by atoms with van der Waals surface area (Å²) in [7, 11) is -4.44. The third-order valence-electron chi connectivity index (χ3n) is 4.28. The van der Waals surface area contributed by atoms with Crippen molar-refractivity contribution >= 4 is 26.8 Å². The molecule has 2 rings (SSSR count). The van der Waals surface area contributed by atoms with Gasteiger partial charge in [-0.15, -0.1) is 9.09 Å². The molecule has 1 aromatic heterocycles. The van der Waals surface area contributed by atoms with E-state index in [4.69, 9.17) is 0 Å². The van der Waals surface area contributed by atoms with Crippen molar-refractivity contribution in [2.24, 2.45) is 5.92 Å². The molecule has 1 unspecified atom stereocenters. The van der Waals surface area contributed by atoms with Crippen LogP contribution in [0.15, 0.2) is 21.7 Å². The number of nitrogens with zero attached hydrogens (tertiary/aromatic N) is 2. The van der Waals surface area contributed by atoms with Crippen LogP contribution in [0.25, 0.3) is 10.9 Å². The van der Waals surface area contributed by atoms with Gasteiger partial charge >= 0.3 is 11.9 Å². The van der Waals surface area contributed by atoms with E-state index >= 15 is 0 Å². The predicted octanol–water partition coefficient (Wildman–Crippen LogP) is 1.23. The average molecular weight is 451 g/mol. The lowest BCUT2D eigenvalue weighted by molar-refractivity contribution is -0.139. The Morgan fingerprint density at radius 1 is 1.27 bits per heavy atom. The Balaban J connectivity index is 3.00. The van der Waals surface area contributed by atoms with Crippen LogP contribution in [-0.2, 0) is 21.0 Å². The number of benzene rings is 1. The maximum absolute atomic E-state index is 13.4. The van der Waals surface area contributed by atoms with E-state index in [0.717, 1.165) is 6.07 Å². The summed E-state index contributed by atoms with van der Waals surface area (Å²) in [5, 5.41) is 9.50. The van der Waals surface area contributed by atoms with Gasteiger partial charge in [0.25, 0.3) is 21.5 Å². The van der Waals surface area contributed by atoms with Crippen LogP contribution in [0.1, 0.15) is 44.4 Å². The van der Waals surface area contributed by atoms with Gasteiger partial charge in [-0.25, -0.2) is 13.2 Å². The zero-order chi connectivity index (χ0) is 23.2. The average Bonchev–Trinajstić information content (AvgIpc) is 2.61. The molecule has 0 aliphatic carbocycles. The normalized spacial score (nSPS) is 13.6. The van der Waals surface area contributed by atoms with Gasteiger partial charge in [-0.05, 0) is 24.1 Å². The summed E-state index contributed by atoms with van der Waals surface area (Å²) in [5.41, 5.74) is -5.13. The highest BCUT2D eigenvalue weighted by atomic mass is 32.2. The van der Waals surface area contributed by atoms with E-state index < -0.39 is 67.4 Å². The Bertz CT molecular complexity index is 1210. The number of aromatic amines is 1. The molecular weight excluding hydrogens is 431 g/mol. The molecule has 0 radical (unpaired) electrons. The van der Waals surface area contributed by atoms with E-state index in [-0.39, 0.29) is 15.5 Å². The summed E-state index contributed by atoms with van der Waals surface area (Å²) in [6, 6.07) is 1.23. The summed E-state index contributed by atoms with van der Waals surface area (Å²) in [6.45, 7) is 4.10. The number of amides is 1. The predicted molar refractivity (Wildman–Crippen MR) is 102 cm³/mol. The molecule has 1 atom stereocenters. The number of hydrogen-bond acceptors (Lipinski definition) is 6. The third kappa shape index (κ3) is 4.26. The lowest BCUT2D eigenvalue weighted by Crippen LogP contribution is -2.56. The molecule has 2 N–H and O–H groups in total. The monoisotopic (exact) mass is 451 g/mol. The molecular formula is C17H20F3N3O6S. The maximum atomic E-state index is 13.4. The summed E-state index contributed by atoms with van der Waals surface area (Å²) >= 11 is 0. The number of H-pyrrole nitrogens is 1. The first-order valence-electron chi connectivity index (χ1n) is 8.73. The molecule has 13 heteroatoms. The Hall–Kier alpha value is -2.67. The quantitative estimate of drug-likeness (QED) is 0.704. The molecule has 30 heavy (non-hydrogen) atoms. The van der Waals surface area contributed by atoms with Crippen LogP contribution in [0.2, 0.25) is 0 Å². The molecule has 1 amide bonds. The number of hydrogen-bond donors (Lipinski definition) is 2. The zero-order valence-electron chi connectivity index (χ0n) is 16.4. The van der Waals surface area contributed by atoms with Crippen molar-refractivity contribution in [2.75, 3.05) is 10.7 Å². The molecule has 0 spiro atoms. The molecule has 0 saturated heterocycles. The minimum atomic E-state index is -4.89. The second-order valence-electron chi connectivity index (χ2n) is 6.95. The number of halogens is 3. The number of fused-ring (bicyclic) bond motifs is 1. The van der Waals surface area contributed by atoms with Crippen molar-refractivity contribution in [1.29, 1.82) is 0 Å². The molecule has 0 saturated carbocycles. The van der Waals surface area contributed by atoms with Gasteiger partial charge in [0.1, 0.15) is 0 Å². The smallest absolute Gasteiger partial charge is 0.388 e. The van der Waals surface area contributed by atoms with Crippen molar-refractivity contribution in [3.63, 3.8) is 0 Å². The van der Waals surface area contributed by atoms with Crippen LogP contribution in [-0.4, -0.2) is 35.3 Å². The van der Waals surface area contributed by atoms with Crippen molar-refractivity contribution < 1.29 is 31.5 Å². The second kappa shape index (κ2) is 7.87. The lowest BCUT2D eigenvalue weighted by Gasteiger charge is -2.23. The number of carbonyl (C=O) groups excluding carboxylic acids is 1. The fourth-order valence-electron chi connectivity index (χ4n) is 2.81. The third-order valence-corrected chi connectivity index (χ3v) is 5.25. The van der Waals surface area contributed by atoms with E-state index in [0.29, 0.717) is 12.3 Å². The topological polar surface area (TPSA) is 130 Å². The largest absolute Gasteiger partial charge is 0.416 e. The lowest BCUT2D eigenvalue weighted by atomic mass is 9.98. The Kier molecular flexibility index (Phi) is 6.19. The van der Waals surface area contributed by atoms with E-state index in [2.05, 4.69) is 0 Å². The highest BCUT2D eigenvalue weighted by molar-refractivity contribution is 7.92. The van der Waals surface area contributed by atoms with Crippen LogP contribution in [0.5, 0.6) is 0 Å². The minimum Gasteiger partial charge on any atom is -0.388 e. The van der Waals surface area contributed by atoms with E-state index in [1.54, 1.807) is 0 Å². The molecule has 1 heterocycles. The molecule has 2 aromatic rings. The Labute approximate surface area is 168 Å². The van der Waals surface area contributed by atoms with Crippen molar-refractivity contribution in [3.05, 3.63) is 44.1 Å². The van der Waals surface area contributed by atoms with Gasteiger partial charge in [-0.1, -0.05) is 20.8 Å². The molecule has 1 aromatic carbocycles. The van der Waals surface area contributed by atoms with Crippen molar-refractivity contribution in [3.8, 4) is 0 Å². The Morgan fingerprint density at radius 2 is 1.83 bits per heavy atom. The molecule has 0 aliphatic heterocycles. The number of aromatic nitrogens is 2. The van der Waals surface area contributed by atoms with Crippen molar-refractivity contribution in [1.82, 2.24) is 9.66 Å². The SMILES string of the molecule is CCC(O)c1cc2c(=O)n(N(C(=O)C(C)C)S(C)(=O)=O)c(=O)[nH]c2cc1C(F)(F)F. The first kappa shape index (κ1) is 23.6. The van der Waals surface area contributed by atoms with Gasteiger partial charge in [0.15, 0.2) is 0 Å². The van der Waals surface area contributed by atoms with E-state index in [9.17, 15) is 41.1 Å². The zero-order valence-corrected chi connectivity index (χ0v) is 17.3. The van der Waals surface area contributed by atoms with Crippen LogP contribution in [0.4, 0.5) is 13.2 Å². The number of nitrogens with one attached hydrogen (secondary N) is 1. The molecule has 9 nitrogen and oxygen atoms in total.